The van der Waals surface area contributed by atoms with E-state index in [1.54, 1.807) is 36.4 Å². The quantitative estimate of drug-likeness (QED) is 0.229. The number of likely N-dealkylation sites (N-methyl/N-ethyl adjacent to an activating group) is 1. The molecule has 0 saturated carbocycles. The SMILES string of the molecule is COc1cc(O)cc(C2=CN(C)C(=C=O)C(C(=O)Nc3cccc(Sc4ncc(N5CCC(C)(N)CC5)nc4N)c3Cl)=C2O)c1. The van der Waals surface area contributed by atoms with Crippen LogP contribution in [0.3, 0.4) is 0 Å². The Bertz CT molecular complexity index is 1780. The summed E-state index contributed by atoms with van der Waals surface area (Å²) >= 11 is 7.89. The van der Waals surface area contributed by atoms with Crippen molar-refractivity contribution in [2.24, 2.45) is 5.73 Å². The molecular formula is C31H32ClN7O5S. The molecule has 0 aliphatic carbocycles. The number of nitrogen functional groups attached to an aromatic ring is 1. The van der Waals surface area contributed by atoms with Gasteiger partial charge in [0.1, 0.15) is 39.4 Å². The summed E-state index contributed by atoms with van der Waals surface area (Å²) < 4.78 is 5.21. The van der Waals surface area contributed by atoms with E-state index < -0.39 is 11.7 Å². The molecule has 1 amide bonds. The number of phenolic OH excluding ortho intramolecular Hbond substituents is 1. The van der Waals surface area contributed by atoms with Crippen molar-refractivity contribution in [1.82, 2.24) is 14.9 Å². The molecule has 14 heteroatoms. The van der Waals surface area contributed by atoms with Crippen molar-refractivity contribution in [2.45, 2.75) is 35.2 Å². The smallest absolute Gasteiger partial charge is 0.262 e. The third-order valence-corrected chi connectivity index (χ3v) is 9.15. The van der Waals surface area contributed by atoms with E-state index in [1.165, 1.54) is 49.2 Å². The largest absolute Gasteiger partial charge is 0.508 e. The lowest BCUT2D eigenvalue weighted by atomic mass is 9.91. The number of carbonyl (C=O) groups is 1. The summed E-state index contributed by atoms with van der Waals surface area (Å²) in [5.74, 6) is 1.53. The summed E-state index contributed by atoms with van der Waals surface area (Å²) in [4.78, 5) is 38.5. The van der Waals surface area contributed by atoms with E-state index in [0.717, 1.165) is 25.9 Å². The van der Waals surface area contributed by atoms with Gasteiger partial charge in [0.2, 0.25) is 0 Å². The number of aromatic nitrogens is 2. The van der Waals surface area contributed by atoms with Crippen LogP contribution in [0.5, 0.6) is 11.5 Å². The number of halogens is 1. The summed E-state index contributed by atoms with van der Waals surface area (Å²) in [7, 11) is 2.96. The number of aliphatic hydroxyl groups is 1. The van der Waals surface area contributed by atoms with Gasteiger partial charge in [0.05, 0.1) is 24.0 Å². The first-order chi connectivity index (χ1) is 21.4. The number of nitrogens with zero attached hydrogens (tertiary/aromatic N) is 4. The first-order valence-corrected chi connectivity index (χ1v) is 15.1. The summed E-state index contributed by atoms with van der Waals surface area (Å²) in [6.45, 7) is 3.55. The van der Waals surface area contributed by atoms with E-state index in [0.29, 0.717) is 27.1 Å². The van der Waals surface area contributed by atoms with Crippen LogP contribution in [-0.4, -0.2) is 69.7 Å². The fraction of sp³-hybridized carbons (Fsp3) is 0.258. The lowest BCUT2D eigenvalue weighted by Gasteiger charge is -2.37. The number of nitrogens with one attached hydrogen (secondary N) is 1. The van der Waals surface area contributed by atoms with Crippen LogP contribution in [0.25, 0.3) is 5.57 Å². The van der Waals surface area contributed by atoms with Crippen molar-refractivity contribution in [1.29, 1.82) is 0 Å². The predicted octanol–water partition coefficient (Wildman–Crippen LogP) is 4.35. The Labute approximate surface area is 269 Å². The molecule has 2 aromatic carbocycles. The van der Waals surface area contributed by atoms with Gasteiger partial charge in [0.15, 0.2) is 11.8 Å². The van der Waals surface area contributed by atoms with Crippen LogP contribution in [0.1, 0.15) is 25.3 Å². The van der Waals surface area contributed by atoms with Crippen LogP contribution in [0.15, 0.2) is 75.7 Å². The number of nitrogens with two attached hydrogens (primary N) is 2. The number of allylic oxidation sites excluding steroid dienone is 1. The molecule has 45 heavy (non-hydrogen) atoms. The second-order valence-corrected chi connectivity index (χ2v) is 12.4. The second-order valence-electron chi connectivity index (χ2n) is 11.0. The van der Waals surface area contributed by atoms with Crippen LogP contribution in [0.4, 0.5) is 17.3 Å². The van der Waals surface area contributed by atoms with Gasteiger partial charge in [-0.1, -0.05) is 29.4 Å². The number of hydrogen-bond acceptors (Lipinski definition) is 12. The fourth-order valence-corrected chi connectivity index (χ4v) is 6.08. The number of amides is 1. The monoisotopic (exact) mass is 649 g/mol. The van der Waals surface area contributed by atoms with Crippen LogP contribution in [0.2, 0.25) is 5.02 Å². The maximum Gasteiger partial charge on any atom is 0.262 e. The molecule has 0 unspecified atom stereocenters. The molecule has 1 fully saturated rings. The van der Waals surface area contributed by atoms with Crippen molar-refractivity contribution in [3.8, 4) is 11.5 Å². The van der Waals surface area contributed by atoms with Gasteiger partial charge >= 0.3 is 0 Å². The lowest BCUT2D eigenvalue weighted by Crippen LogP contribution is -2.48. The van der Waals surface area contributed by atoms with Crippen molar-refractivity contribution in [2.75, 3.05) is 43.2 Å². The van der Waals surface area contributed by atoms with Gasteiger partial charge in [0, 0.05) is 48.4 Å². The number of aromatic hydroxyl groups is 1. The number of methoxy groups -OCH3 is 1. The highest BCUT2D eigenvalue weighted by Gasteiger charge is 2.31. The summed E-state index contributed by atoms with van der Waals surface area (Å²) in [5, 5.41) is 24.7. The molecule has 5 rings (SSSR count). The zero-order chi connectivity index (χ0) is 32.5. The molecule has 0 bridgehead atoms. The van der Waals surface area contributed by atoms with Crippen molar-refractivity contribution >= 4 is 58.1 Å². The van der Waals surface area contributed by atoms with Crippen molar-refractivity contribution < 1.29 is 24.5 Å². The molecule has 7 N–H and O–H groups in total. The first-order valence-electron chi connectivity index (χ1n) is 13.9. The van der Waals surface area contributed by atoms with Gasteiger partial charge in [0.25, 0.3) is 5.91 Å². The Hall–Kier alpha value is -4.68. The number of ether oxygens (including phenoxy) is 1. The van der Waals surface area contributed by atoms with Crippen LogP contribution >= 0.6 is 23.4 Å². The van der Waals surface area contributed by atoms with Gasteiger partial charge in [-0.2, -0.15) is 0 Å². The minimum atomic E-state index is -0.807. The molecule has 1 aromatic heterocycles. The number of phenols is 1. The van der Waals surface area contributed by atoms with Crippen molar-refractivity contribution in [3.05, 3.63) is 76.4 Å². The number of piperidine rings is 1. The first kappa shape index (κ1) is 31.7. The average molecular weight is 650 g/mol. The maximum absolute atomic E-state index is 13.6. The summed E-state index contributed by atoms with van der Waals surface area (Å²) in [6.07, 6.45) is 4.77. The Balaban J connectivity index is 1.39. The zero-order valence-electron chi connectivity index (χ0n) is 24.8. The molecule has 0 radical (unpaired) electrons. The Morgan fingerprint density at radius 1 is 1.22 bits per heavy atom. The normalized spacial score (nSPS) is 16.3. The number of rotatable bonds is 7. The molecule has 0 spiro atoms. The molecule has 1 saturated heterocycles. The Kier molecular flexibility index (Phi) is 8.98. The Morgan fingerprint density at radius 3 is 2.62 bits per heavy atom. The van der Waals surface area contributed by atoms with E-state index in [1.807, 2.05) is 6.92 Å². The molecule has 234 valence electrons. The molecule has 3 heterocycles. The van der Waals surface area contributed by atoms with Gasteiger partial charge < -0.3 is 41.5 Å². The minimum Gasteiger partial charge on any atom is -0.508 e. The van der Waals surface area contributed by atoms with Gasteiger partial charge in [-0.05, 0) is 49.6 Å². The maximum atomic E-state index is 13.6. The van der Waals surface area contributed by atoms with Gasteiger partial charge in [-0.25, -0.2) is 14.8 Å². The van der Waals surface area contributed by atoms with Gasteiger partial charge in [-0.3, -0.25) is 4.79 Å². The van der Waals surface area contributed by atoms with E-state index in [4.69, 9.17) is 27.8 Å². The van der Waals surface area contributed by atoms with Crippen molar-refractivity contribution in [3.63, 3.8) is 0 Å². The Morgan fingerprint density at radius 2 is 1.96 bits per heavy atom. The number of carbonyl (C=O) groups excluding carboxylic acids is 2. The van der Waals surface area contributed by atoms with E-state index >= 15 is 0 Å². The average Bonchev–Trinajstić information content (AvgIpc) is 3.00. The summed E-state index contributed by atoms with van der Waals surface area (Å²) in [5.41, 5.74) is 12.5. The second kappa shape index (κ2) is 12.7. The topological polar surface area (TPSA) is 180 Å². The molecule has 2 aliphatic heterocycles. The van der Waals surface area contributed by atoms with Crippen LogP contribution < -0.4 is 26.4 Å². The van der Waals surface area contributed by atoms with E-state index in [9.17, 15) is 19.8 Å². The fourth-order valence-electron chi connectivity index (χ4n) is 4.98. The van der Waals surface area contributed by atoms with E-state index in [-0.39, 0.29) is 44.7 Å². The zero-order valence-corrected chi connectivity index (χ0v) is 26.4. The number of aliphatic hydroxyl groups excluding tert-OH is 1. The molecular weight excluding hydrogens is 618 g/mol. The van der Waals surface area contributed by atoms with Gasteiger partial charge in [-0.15, -0.1) is 0 Å². The highest BCUT2D eigenvalue weighted by atomic mass is 35.5. The molecule has 2 aliphatic rings. The highest BCUT2D eigenvalue weighted by Crippen LogP contribution is 2.40. The van der Waals surface area contributed by atoms with Crippen LogP contribution in [-0.2, 0) is 9.59 Å². The third-order valence-electron chi connectivity index (χ3n) is 7.57. The molecule has 12 nitrogen and oxygen atoms in total. The number of benzene rings is 2. The highest BCUT2D eigenvalue weighted by molar-refractivity contribution is 7.99. The minimum absolute atomic E-state index is 0.116. The van der Waals surface area contributed by atoms with E-state index in [2.05, 4.69) is 20.2 Å². The summed E-state index contributed by atoms with van der Waals surface area (Å²) in [6, 6.07) is 9.36. The standard InChI is InChI=1S/C31H32ClN7O5S/c1-31(34)7-9-39(10-8-31)24-14-35-30(28(33)37-24)45-23-6-4-5-21(26(23)32)36-29(43)25-22(16-40)38(2)15-20(27(25)42)17-11-18(41)13-19(12-17)44-3/h4-6,11-15,41-42H,7-10,34H2,1-3H3,(H2,33,37)(H,36,43). The number of anilines is 3. The molecule has 3 aromatic rings. The predicted molar refractivity (Wildman–Crippen MR) is 174 cm³/mol. The van der Waals surface area contributed by atoms with Crippen LogP contribution in [0, 0.1) is 0 Å². The lowest BCUT2D eigenvalue weighted by molar-refractivity contribution is -0.112. The molecule has 0 atom stereocenters. The number of hydrogen-bond donors (Lipinski definition) is 5. The third kappa shape index (κ3) is 6.71.